The molecule has 7 heteroatoms. The minimum absolute atomic E-state index is 0.0769. The highest BCUT2D eigenvalue weighted by Crippen LogP contribution is 2.61. The Morgan fingerprint density at radius 2 is 1.55 bits per heavy atom. The van der Waals surface area contributed by atoms with Crippen molar-refractivity contribution in [2.24, 2.45) is 28.3 Å². The summed E-state index contributed by atoms with van der Waals surface area (Å²) in [5, 5.41) is 10.1. The molecule has 0 radical (unpaired) electrons. The minimum atomic E-state index is -3.75. The summed E-state index contributed by atoms with van der Waals surface area (Å²) in [6.45, 7) is 0. The van der Waals surface area contributed by atoms with Crippen LogP contribution < -0.4 is 5.14 Å². The lowest BCUT2D eigenvalue weighted by molar-refractivity contribution is -0.127. The second kappa shape index (κ2) is 10.1. The maximum Gasteiger partial charge on any atom is 0.238 e. The highest BCUT2D eigenvalue weighted by atomic mass is 32.2. The summed E-state index contributed by atoms with van der Waals surface area (Å²) in [6, 6.07) is 18.6. The third kappa shape index (κ3) is 5.36. The average molecular weight is 532 g/mol. The van der Waals surface area contributed by atoms with Gasteiger partial charge >= 0.3 is 0 Å². The van der Waals surface area contributed by atoms with Crippen molar-refractivity contribution in [3.8, 4) is 16.9 Å². The van der Waals surface area contributed by atoms with Gasteiger partial charge in [0, 0.05) is 18.4 Å². The van der Waals surface area contributed by atoms with Crippen molar-refractivity contribution in [1.29, 1.82) is 0 Å². The van der Waals surface area contributed by atoms with Crippen LogP contribution in [0.15, 0.2) is 65.6 Å². The lowest BCUT2D eigenvalue weighted by Gasteiger charge is -2.56. The molecule has 4 aliphatic carbocycles. The van der Waals surface area contributed by atoms with Crippen LogP contribution in [0.5, 0.6) is 0 Å². The fraction of sp³-hybridized carbons (Fsp3) is 0.484. The van der Waals surface area contributed by atoms with Gasteiger partial charge < -0.3 is 0 Å². The molecule has 3 aromatic rings. The van der Waals surface area contributed by atoms with Gasteiger partial charge in [0.15, 0.2) is 0 Å². The van der Waals surface area contributed by atoms with E-state index < -0.39 is 10.0 Å². The van der Waals surface area contributed by atoms with Crippen molar-refractivity contribution in [2.75, 3.05) is 0 Å². The fourth-order valence-corrected chi connectivity index (χ4v) is 8.50. The number of hydrogen-bond donors (Lipinski definition) is 1. The molecule has 0 atom stereocenters. The monoisotopic (exact) mass is 531 g/mol. The lowest BCUT2D eigenvalue weighted by Crippen LogP contribution is -2.46. The molecule has 4 saturated carbocycles. The molecule has 1 aromatic heterocycles. The first-order valence-electron chi connectivity index (χ1n) is 14.1. The van der Waals surface area contributed by atoms with Crippen molar-refractivity contribution >= 4 is 15.8 Å². The number of primary sulfonamides is 1. The number of nitrogens with zero attached hydrogens (tertiary/aromatic N) is 2. The summed E-state index contributed by atoms with van der Waals surface area (Å²) in [7, 11) is -3.75. The number of benzene rings is 2. The largest absolute Gasteiger partial charge is 0.300 e. The number of nitrogens with two attached hydrogens (primary N) is 1. The van der Waals surface area contributed by atoms with Crippen molar-refractivity contribution in [1.82, 2.24) is 9.78 Å². The number of hydrogen-bond acceptors (Lipinski definition) is 4. The number of carbonyl (C=O) groups is 1. The summed E-state index contributed by atoms with van der Waals surface area (Å²) in [5.41, 5.74) is 4.05. The number of Topliss-reactive ketones (excluding diaryl/α,β-unsaturated/α-hetero) is 1. The van der Waals surface area contributed by atoms with E-state index in [1.165, 1.54) is 50.7 Å². The highest BCUT2D eigenvalue weighted by Gasteiger charge is 2.51. The molecule has 1 heterocycles. The van der Waals surface area contributed by atoms with Crippen molar-refractivity contribution in [3.63, 3.8) is 0 Å². The lowest BCUT2D eigenvalue weighted by atomic mass is 9.48. The van der Waals surface area contributed by atoms with Gasteiger partial charge in [-0.25, -0.2) is 18.2 Å². The van der Waals surface area contributed by atoms with Gasteiger partial charge in [-0.05, 0) is 111 Å². The standard InChI is InChI=1S/C31H37N3O3S/c32-38(36,37)29-12-10-27(11-13-29)34-30(25-6-2-1-3-7-25)17-26(33-34)8-4-5-9-28(35)21-31-18-22-14-23(19-31)16-24(15-22)20-31/h1-3,6-7,10-13,17,22-24H,4-5,8-9,14-16,18-21H2,(H2,32,36,37). The Bertz CT molecular complexity index is 1380. The van der Waals surface area contributed by atoms with Gasteiger partial charge in [0.2, 0.25) is 10.0 Å². The van der Waals surface area contributed by atoms with E-state index in [9.17, 15) is 13.2 Å². The summed E-state index contributed by atoms with van der Waals surface area (Å²) >= 11 is 0. The highest BCUT2D eigenvalue weighted by molar-refractivity contribution is 7.89. The summed E-state index contributed by atoms with van der Waals surface area (Å²) in [6.07, 6.45) is 12.2. The van der Waals surface area contributed by atoms with Gasteiger partial charge in [-0.15, -0.1) is 0 Å². The first-order chi connectivity index (χ1) is 18.3. The molecular weight excluding hydrogens is 494 g/mol. The number of aryl methyl sites for hydroxylation is 1. The second-order valence-corrected chi connectivity index (χ2v) is 13.7. The Morgan fingerprint density at radius 1 is 0.921 bits per heavy atom. The van der Waals surface area contributed by atoms with E-state index in [2.05, 4.69) is 6.07 Å². The van der Waals surface area contributed by atoms with Gasteiger partial charge in [-0.1, -0.05) is 30.3 Å². The Kier molecular flexibility index (Phi) is 6.77. The van der Waals surface area contributed by atoms with Gasteiger partial charge in [0.25, 0.3) is 0 Å². The Hall–Kier alpha value is -2.77. The Labute approximate surface area is 225 Å². The minimum Gasteiger partial charge on any atom is -0.300 e. The topological polar surface area (TPSA) is 95.1 Å². The summed E-state index contributed by atoms with van der Waals surface area (Å²) in [4.78, 5) is 13.1. The van der Waals surface area contributed by atoms with E-state index in [-0.39, 0.29) is 4.90 Å². The second-order valence-electron chi connectivity index (χ2n) is 12.2. The Morgan fingerprint density at radius 3 is 2.16 bits per heavy atom. The predicted octanol–water partition coefficient (Wildman–Crippen LogP) is 6.08. The van der Waals surface area contributed by atoms with Gasteiger partial charge in [-0.2, -0.15) is 5.10 Å². The van der Waals surface area contributed by atoms with Crippen LogP contribution in [0.4, 0.5) is 0 Å². The zero-order valence-electron chi connectivity index (χ0n) is 21.9. The van der Waals surface area contributed by atoms with E-state index in [0.717, 1.165) is 66.1 Å². The van der Waals surface area contributed by atoms with E-state index in [1.54, 1.807) is 12.1 Å². The third-order valence-electron chi connectivity index (χ3n) is 9.12. The Balaban J connectivity index is 1.10. The van der Waals surface area contributed by atoms with Crippen molar-refractivity contribution in [2.45, 2.75) is 75.5 Å². The molecule has 0 spiro atoms. The third-order valence-corrected chi connectivity index (χ3v) is 10.0. The normalized spacial score (nSPS) is 26.1. The van der Waals surface area contributed by atoms with Crippen LogP contribution in [0, 0.1) is 23.2 Å². The van der Waals surface area contributed by atoms with Gasteiger partial charge in [0.05, 0.1) is 22.0 Å². The average Bonchev–Trinajstić information content (AvgIpc) is 3.30. The first kappa shape index (κ1) is 25.5. The maximum absolute atomic E-state index is 13.0. The van der Waals surface area contributed by atoms with E-state index in [4.69, 9.17) is 10.2 Å². The van der Waals surface area contributed by atoms with E-state index in [1.807, 2.05) is 35.0 Å². The van der Waals surface area contributed by atoms with Crippen molar-refractivity contribution in [3.05, 3.63) is 66.4 Å². The summed E-state index contributed by atoms with van der Waals surface area (Å²) < 4.78 is 25.2. The van der Waals surface area contributed by atoms with Crippen LogP contribution in [0.2, 0.25) is 0 Å². The molecule has 0 saturated heterocycles. The zero-order chi connectivity index (χ0) is 26.3. The van der Waals surface area contributed by atoms with Crippen LogP contribution >= 0.6 is 0 Å². The molecule has 0 unspecified atom stereocenters. The number of carbonyl (C=O) groups excluding carboxylic acids is 1. The van der Waals surface area contributed by atoms with Crippen LogP contribution in [-0.2, 0) is 21.2 Å². The first-order valence-corrected chi connectivity index (χ1v) is 15.6. The van der Waals surface area contributed by atoms with E-state index in [0.29, 0.717) is 17.6 Å². The van der Waals surface area contributed by atoms with E-state index >= 15 is 0 Å². The molecular formula is C31H37N3O3S. The van der Waals surface area contributed by atoms with Crippen LogP contribution in [0.25, 0.3) is 16.9 Å². The molecule has 7 rings (SSSR count). The molecule has 2 aromatic carbocycles. The zero-order valence-corrected chi connectivity index (χ0v) is 22.7. The molecule has 2 N–H and O–H groups in total. The summed E-state index contributed by atoms with van der Waals surface area (Å²) in [5.74, 6) is 3.12. The molecule has 4 aliphatic rings. The number of rotatable bonds is 10. The molecule has 4 fully saturated rings. The molecule has 200 valence electrons. The molecule has 4 bridgehead atoms. The molecule has 6 nitrogen and oxygen atoms in total. The molecule has 0 amide bonds. The quantitative estimate of drug-likeness (QED) is 0.321. The SMILES string of the molecule is NS(=O)(=O)c1ccc(-n2nc(CCCCC(=O)CC34CC5CC(CC(C5)C3)C4)cc2-c2ccccc2)cc1. The van der Waals surface area contributed by atoms with Gasteiger partial charge in [-0.3, -0.25) is 4.79 Å². The van der Waals surface area contributed by atoms with Crippen LogP contribution in [0.1, 0.15) is 69.9 Å². The predicted molar refractivity (Wildman–Crippen MR) is 148 cm³/mol. The number of ketones is 1. The number of sulfonamides is 1. The number of aromatic nitrogens is 2. The maximum atomic E-state index is 13.0. The smallest absolute Gasteiger partial charge is 0.238 e. The van der Waals surface area contributed by atoms with Gasteiger partial charge in [0.1, 0.15) is 5.78 Å². The number of unbranched alkanes of at least 4 members (excludes halogenated alkanes) is 1. The van der Waals surface area contributed by atoms with Crippen LogP contribution in [0.3, 0.4) is 0 Å². The van der Waals surface area contributed by atoms with Crippen LogP contribution in [-0.4, -0.2) is 24.0 Å². The molecule has 38 heavy (non-hydrogen) atoms. The van der Waals surface area contributed by atoms with Crippen molar-refractivity contribution < 1.29 is 13.2 Å². The molecule has 0 aliphatic heterocycles. The fourth-order valence-electron chi connectivity index (χ4n) is 7.98.